The molecule has 0 spiro atoms. The summed E-state index contributed by atoms with van der Waals surface area (Å²) < 4.78 is 11.1. The van der Waals surface area contributed by atoms with Crippen LogP contribution in [0.2, 0.25) is 5.02 Å². The molecule has 136 valence electrons. The van der Waals surface area contributed by atoms with Gasteiger partial charge in [0.1, 0.15) is 11.4 Å². The first-order valence-electron chi connectivity index (χ1n) is 7.35. The van der Waals surface area contributed by atoms with Gasteiger partial charge in [-0.2, -0.15) is 0 Å². The molecular formula is C16H23BrClNO5. The number of hydrogen-bond donors (Lipinski definition) is 2. The molecule has 2 N–H and O–H groups in total. The van der Waals surface area contributed by atoms with Gasteiger partial charge in [0.25, 0.3) is 0 Å². The van der Waals surface area contributed by atoms with E-state index in [0.717, 1.165) is 0 Å². The lowest BCUT2D eigenvalue weighted by Gasteiger charge is -2.32. The Hall–Kier alpha value is -1.02. The fraction of sp³-hybridized carbons (Fsp3) is 0.562. The number of halogens is 2. The molecule has 1 unspecified atom stereocenters. The first-order valence-corrected chi connectivity index (χ1v) is 8.52. The monoisotopic (exact) mass is 423 g/mol. The van der Waals surface area contributed by atoms with Crippen LogP contribution in [-0.2, 0) is 16.0 Å². The summed E-state index contributed by atoms with van der Waals surface area (Å²) in [6, 6.07) is 2.58. The van der Waals surface area contributed by atoms with Crippen LogP contribution in [0.5, 0.6) is 5.75 Å². The second-order valence-electron chi connectivity index (χ2n) is 6.30. The fourth-order valence-corrected chi connectivity index (χ4v) is 2.90. The first kappa shape index (κ1) is 21.0. The summed E-state index contributed by atoms with van der Waals surface area (Å²) in [6.07, 6.45) is -0.617. The molecule has 0 aliphatic rings. The maximum absolute atomic E-state index is 12.5. The molecule has 1 aromatic rings. The molecule has 0 saturated heterocycles. The van der Waals surface area contributed by atoms with Crippen LogP contribution in [-0.4, -0.2) is 53.2 Å². The smallest absolute Gasteiger partial charge is 0.411 e. The molecule has 0 aliphatic heterocycles. The molecule has 0 heterocycles. The molecule has 0 saturated carbocycles. The van der Waals surface area contributed by atoms with Gasteiger partial charge < -0.3 is 19.7 Å². The third-order valence-corrected chi connectivity index (χ3v) is 3.83. The van der Waals surface area contributed by atoms with Crippen LogP contribution in [0.15, 0.2) is 16.6 Å². The lowest BCUT2D eigenvalue weighted by atomic mass is 10.1. The van der Waals surface area contributed by atoms with Crippen molar-refractivity contribution < 1.29 is 24.5 Å². The Morgan fingerprint density at radius 1 is 1.42 bits per heavy atom. The number of benzene rings is 1. The SMILES string of the molecule is COCC(CO)N(Cc1cc(Br)cc(Cl)c1O)C(=O)OC(C)(C)C. The molecule has 24 heavy (non-hydrogen) atoms. The molecule has 0 aromatic heterocycles. The molecule has 1 amide bonds. The van der Waals surface area contributed by atoms with Crippen molar-refractivity contribution in [3.8, 4) is 5.75 Å². The number of carbonyl (C=O) groups is 1. The lowest BCUT2D eigenvalue weighted by molar-refractivity contribution is -0.00686. The van der Waals surface area contributed by atoms with Gasteiger partial charge in [0.2, 0.25) is 0 Å². The second kappa shape index (κ2) is 8.89. The standard InChI is InChI=1S/C16H23BrClNO5/c1-16(2,3)24-15(22)19(12(8-20)9-23-4)7-10-5-11(17)6-13(18)14(10)21/h5-6,12,20-21H,7-9H2,1-4H3. The molecule has 0 radical (unpaired) electrons. The normalized spacial score (nSPS) is 12.8. The van der Waals surface area contributed by atoms with Crippen molar-refractivity contribution in [2.75, 3.05) is 20.3 Å². The molecule has 0 aliphatic carbocycles. The molecule has 6 nitrogen and oxygen atoms in total. The third kappa shape index (κ3) is 6.12. The topological polar surface area (TPSA) is 79.2 Å². The Bertz CT molecular complexity index is 576. The highest BCUT2D eigenvalue weighted by Crippen LogP contribution is 2.32. The minimum atomic E-state index is -0.695. The Kier molecular flexibility index (Phi) is 7.79. The minimum Gasteiger partial charge on any atom is -0.506 e. The van der Waals surface area contributed by atoms with Crippen LogP contribution < -0.4 is 0 Å². The number of rotatable bonds is 6. The first-order chi connectivity index (χ1) is 11.1. The predicted molar refractivity (Wildman–Crippen MR) is 95.3 cm³/mol. The number of aliphatic hydroxyl groups excluding tert-OH is 1. The van der Waals surface area contributed by atoms with E-state index in [0.29, 0.717) is 10.0 Å². The van der Waals surface area contributed by atoms with E-state index in [9.17, 15) is 15.0 Å². The van der Waals surface area contributed by atoms with Crippen LogP contribution in [0, 0.1) is 0 Å². The van der Waals surface area contributed by atoms with E-state index in [4.69, 9.17) is 21.1 Å². The maximum Gasteiger partial charge on any atom is 0.411 e. The highest BCUT2D eigenvalue weighted by Gasteiger charge is 2.29. The molecule has 1 atom stereocenters. The van der Waals surface area contributed by atoms with Gasteiger partial charge >= 0.3 is 6.09 Å². The molecule has 0 fully saturated rings. The van der Waals surface area contributed by atoms with Gasteiger partial charge in [-0.1, -0.05) is 27.5 Å². The van der Waals surface area contributed by atoms with E-state index >= 15 is 0 Å². The van der Waals surface area contributed by atoms with Gasteiger partial charge in [0.15, 0.2) is 0 Å². The predicted octanol–water partition coefficient (Wildman–Crippen LogP) is 3.55. The van der Waals surface area contributed by atoms with Gasteiger partial charge in [0.05, 0.1) is 30.8 Å². The number of aromatic hydroxyl groups is 1. The van der Waals surface area contributed by atoms with Crippen molar-refractivity contribution in [3.63, 3.8) is 0 Å². The van der Waals surface area contributed by atoms with Gasteiger partial charge in [-0.25, -0.2) is 4.79 Å². The summed E-state index contributed by atoms with van der Waals surface area (Å²) in [7, 11) is 1.48. The number of phenolic OH excluding ortho intramolecular Hbond substituents is 1. The maximum atomic E-state index is 12.5. The average molecular weight is 425 g/mol. The Labute approximate surface area is 155 Å². The zero-order valence-corrected chi connectivity index (χ0v) is 16.5. The van der Waals surface area contributed by atoms with Crippen LogP contribution in [0.4, 0.5) is 4.79 Å². The highest BCUT2D eigenvalue weighted by atomic mass is 79.9. The zero-order chi connectivity index (χ0) is 18.5. The van der Waals surface area contributed by atoms with Gasteiger partial charge in [-0.15, -0.1) is 0 Å². The van der Waals surface area contributed by atoms with E-state index in [-0.39, 0.29) is 30.5 Å². The molecule has 1 rings (SSSR count). The van der Waals surface area contributed by atoms with Crippen LogP contribution in [0.25, 0.3) is 0 Å². The van der Waals surface area contributed by atoms with Crippen molar-refractivity contribution in [2.24, 2.45) is 0 Å². The van der Waals surface area contributed by atoms with Crippen molar-refractivity contribution >= 4 is 33.6 Å². The number of amides is 1. The van der Waals surface area contributed by atoms with E-state index in [1.807, 2.05) is 0 Å². The molecular weight excluding hydrogens is 402 g/mol. The van der Waals surface area contributed by atoms with Crippen molar-refractivity contribution in [2.45, 2.75) is 39.0 Å². The van der Waals surface area contributed by atoms with Crippen molar-refractivity contribution in [1.29, 1.82) is 0 Å². The number of ether oxygens (including phenoxy) is 2. The summed E-state index contributed by atoms with van der Waals surface area (Å²) in [4.78, 5) is 13.8. The van der Waals surface area contributed by atoms with Crippen LogP contribution in [0.1, 0.15) is 26.3 Å². The van der Waals surface area contributed by atoms with Gasteiger partial charge in [-0.05, 0) is 32.9 Å². The summed E-state index contributed by atoms with van der Waals surface area (Å²) in [6.45, 7) is 5.07. The van der Waals surface area contributed by atoms with Crippen LogP contribution in [0.3, 0.4) is 0 Å². The third-order valence-electron chi connectivity index (χ3n) is 3.09. The van der Waals surface area contributed by atoms with E-state index < -0.39 is 17.7 Å². The Morgan fingerprint density at radius 3 is 2.54 bits per heavy atom. The Morgan fingerprint density at radius 2 is 2.04 bits per heavy atom. The average Bonchev–Trinajstić information content (AvgIpc) is 2.45. The summed E-state index contributed by atoms with van der Waals surface area (Å²) >= 11 is 9.28. The van der Waals surface area contributed by atoms with E-state index in [1.54, 1.807) is 32.9 Å². The van der Waals surface area contributed by atoms with Gasteiger partial charge in [0, 0.05) is 17.1 Å². The molecule has 1 aromatic carbocycles. The lowest BCUT2D eigenvalue weighted by Crippen LogP contribution is -2.46. The van der Waals surface area contributed by atoms with Crippen molar-refractivity contribution in [3.05, 3.63) is 27.2 Å². The number of carbonyl (C=O) groups excluding carboxylic acids is 1. The highest BCUT2D eigenvalue weighted by molar-refractivity contribution is 9.10. The van der Waals surface area contributed by atoms with E-state index in [2.05, 4.69) is 15.9 Å². The summed E-state index contributed by atoms with van der Waals surface area (Å²) in [5.74, 6) is -0.123. The quantitative estimate of drug-likeness (QED) is 0.730. The number of nitrogens with zero attached hydrogens (tertiary/aromatic N) is 1. The number of methoxy groups -OCH3 is 1. The minimum absolute atomic E-state index is 0.00843. The summed E-state index contributed by atoms with van der Waals surface area (Å²) in [5, 5.41) is 19.9. The number of aliphatic hydroxyl groups is 1. The molecule has 8 heteroatoms. The number of phenols is 1. The zero-order valence-electron chi connectivity index (χ0n) is 14.2. The largest absolute Gasteiger partial charge is 0.506 e. The van der Waals surface area contributed by atoms with Crippen molar-refractivity contribution in [1.82, 2.24) is 4.90 Å². The number of hydrogen-bond acceptors (Lipinski definition) is 5. The summed E-state index contributed by atoms with van der Waals surface area (Å²) in [5.41, 5.74) is -0.269. The Balaban J connectivity index is 3.16. The fourth-order valence-electron chi connectivity index (χ4n) is 2.02. The van der Waals surface area contributed by atoms with Crippen LogP contribution >= 0.6 is 27.5 Å². The van der Waals surface area contributed by atoms with Gasteiger partial charge in [-0.3, -0.25) is 4.90 Å². The second-order valence-corrected chi connectivity index (χ2v) is 7.62. The molecule has 0 bridgehead atoms. The van der Waals surface area contributed by atoms with E-state index in [1.165, 1.54) is 12.0 Å².